The Balaban J connectivity index is 2.22. The van der Waals surface area contributed by atoms with Crippen molar-refractivity contribution in [2.45, 2.75) is 39.3 Å². The Labute approximate surface area is 140 Å². The van der Waals surface area contributed by atoms with E-state index < -0.39 is 0 Å². The van der Waals surface area contributed by atoms with Crippen molar-refractivity contribution in [3.05, 3.63) is 34.9 Å². The first kappa shape index (κ1) is 18.8. The highest BCUT2D eigenvalue weighted by molar-refractivity contribution is 6.31. The normalized spacial score (nSPS) is 12.0. The van der Waals surface area contributed by atoms with Gasteiger partial charge in [-0.25, -0.2) is 0 Å². The van der Waals surface area contributed by atoms with E-state index in [0.29, 0.717) is 12.6 Å². The summed E-state index contributed by atoms with van der Waals surface area (Å²) in [4.78, 5) is 6.60. The van der Waals surface area contributed by atoms with Crippen LogP contribution >= 0.6 is 11.6 Å². The number of nitrogens with zero attached hydrogens (tertiary/aromatic N) is 2. The fourth-order valence-electron chi connectivity index (χ4n) is 1.99. The van der Waals surface area contributed by atoms with E-state index in [9.17, 15) is 0 Å². The van der Waals surface area contributed by atoms with Gasteiger partial charge in [0.1, 0.15) is 0 Å². The van der Waals surface area contributed by atoms with E-state index in [4.69, 9.17) is 11.6 Å². The predicted molar refractivity (Wildman–Crippen MR) is 96.7 cm³/mol. The van der Waals surface area contributed by atoms with Crippen LogP contribution in [0.25, 0.3) is 0 Å². The molecule has 0 atom stereocenters. The summed E-state index contributed by atoms with van der Waals surface area (Å²) in [5.74, 6) is 0.817. The molecule has 1 aromatic carbocycles. The number of hydrogen-bond donors (Lipinski definition) is 2. The van der Waals surface area contributed by atoms with E-state index in [1.807, 2.05) is 24.3 Å². The monoisotopic (exact) mass is 324 g/mol. The SMILES string of the molecule is CN=C(NCCCCN(C)C(C)C)NCc1ccccc1Cl. The van der Waals surface area contributed by atoms with Crippen LogP contribution < -0.4 is 10.6 Å². The van der Waals surface area contributed by atoms with E-state index in [2.05, 4.69) is 41.4 Å². The van der Waals surface area contributed by atoms with Crippen molar-refractivity contribution >= 4 is 17.6 Å². The van der Waals surface area contributed by atoms with Gasteiger partial charge >= 0.3 is 0 Å². The van der Waals surface area contributed by atoms with Crippen LogP contribution in [-0.2, 0) is 6.54 Å². The first-order valence-corrected chi connectivity index (χ1v) is 8.30. The Hall–Kier alpha value is -1.26. The Kier molecular flexibility index (Phi) is 8.94. The van der Waals surface area contributed by atoms with E-state index in [-0.39, 0.29) is 0 Å². The first-order chi connectivity index (χ1) is 10.5. The number of halogens is 1. The summed E-state index contributed by atoms with van der Waals surface area (Å²) in [6.07, 6.45) is 2.31. The quantitative estimate of drug-likeness (QED) is 0.438. The first-order valence-electron chi connectivity index (χ1n) is 7.92. The molecule has 2 N–H and O–H groups in total. The minimum atomic E-state index is 0.609. The predicted octanol–water partition coefficient (Wildman–Crippen LogP) is 3.13. The van der Waals surface area contributed by atoms with Crippen molar-refractivity contribution in [3.63, 3.8) is 0 Å². The van der Waals surface area contributed by atoms with Crippen molar-refractivity contribution in [3.8, 4) is 0 Å². The van der Waals surface area contributed by atoms with E-state index >= 15 is 0 Å². The maximum absolute atomic E-state index is 6.15. The number of guanidine groups is 1. The molecule has 0 aliphatic carbocycles. The molecular weight excluding hydrogens is 296 g/mol. The molecule has 0 bridgehead atoms. The number of aliphatic imine (C=N–C) groups is 1. The average molecular weight is 325 g/mol. The van der Waals surface area contributed by atoms with Crippen LogP contribution in [0.4, 0.5) is 0 Å². The Morgan fingerprint density at radius 2 is 1.95 bits per heavy atom. The van der Waals surface area contributed by atoms with Gasteiger partial charge in [-0.05, 0) is 51.9 Å². The lowest BCUT2D eigenvalue weighted by Crippen LogP contribution is -2.37. The minimum Gasteiger partial charge on any atom is -0.356 e. The Bertz CT molecular complexity index is 460. The van der Waals surface area contributed by atoms with Crippen LogP contribution in [0.1, 0.15) is 32.3 Å². The second-order valence-electron chi connectivity index (χ2n) is 5.73. The number of hydrogen-bond acceptors (Lipinski definition) is 2. The maximum atomic E-state index is 6.15. The molecule has 0 fully saturated rings. The molecule has 22 heavy (non-hydrogen) atoms. The molecule has 1 aromatic rings. The number of unbranched alkanes of at least 4 members (excludes halogenated alkanes) is 1. The van der Waals surface area contributed by atoms with E-state index in [1.54, 1.807) is 7.05 Å². The Morgan fingerprint density at radius 3 is 2.59 bits per heavy atom. The third kappa shape index (κ3) is 7.14. The van der Waals surface area contributed by atoms with E-state index in [1.165, 1.54) is 6.42 Å². The van der Waals surface area contributed by atoms with Gasteiger partial charge in [0.25, 0.3) is 0 Å². The third-order valence-corrected chi connectivity index (χ3v) is 4.11. The summed E-state index contributed by atoms with van der Waals surface area (Å²) in [5, 5.41) is 7.41. The summed E-state index contributed by atoms with van der Waals surface area (Å²) < 4.78 is 0. The fourth-order valence-corrected chi connectivity index (χ4v) is 2.20. The summed E-state index contributed by atoms with van der Waals surface area (Å²) in [7, 11) is 3.96. The summed E-state index contributed by atoms with van der Waals surface area (Å²) >= 11 is 6.15. The van der Waals surface area contributed by atoms with Crippen LogP contribution in [0, 0.1) is 0 Å². The van der Waals surface area contributed by atoms with Gasteiger partial charge in [0, 0.05) is 31.2 Å². The molecule has 0 heterocycles. The largest absolute Gasteiger partial charge is 0.356 e. The van der Waals surface area contributed by atoms with Crippen LogP contribution in [0.3, 0.4) is 0 Å². The summed E-state index contributed by atoms with van der Waals surface area (Å²) in [6.45, 7) is 7.17. The number of benzene rings is 1. The molecule has 0 aliphatic heterocycles. The summed E-state index contributed by atoms with van der Waals surface area (Å²) in [6, 6.07) is 8.46. The van der Waals surface area contributed by atoms with Crippen molar-refractivity contribution in [2.75, 3.05) is 27.2 Å². The fraction of sp³-hybridized carbons (Fsp3) is 0.588. The zero-order valence-corrected chi connectivity index (χ0v) is 15.0. The van der Waals surface area contributed by atoms with E-state index in [0.717, 1.165) is 36.1 Å². The molecular formula is C17H29ClN4. The molecule has 0 amide bonds. The van der Waals surface area contributed by atoms with Crippen molar-refractivity contribution in [2.24, 2.45) is 4.99 Å². The zero-order chi connectivity index (χ0) is 16.4. The molecule has 1 rings (SSSR count). The number of nitrogens with one attached hydrogen (secondary N) is 2. The second-order valence-corrected chi connectivity index (χ2v) is 6.13. The molecule has 4 nitrogen and oxygen atoms in total. The maximum Gasteiger partial charge on any atom is 0.191 e. The van der Waals surface area contributed by atoms with Crippen LogP contribution in [0.2, 0.25) is 5.02 Å². The van der Waals surface area contributed by atoms with Crippen LogP contribution in [0.5, 0.6) is 0 Å². The molecule has 0 unspecified atom stereocenters. The molecule has 5 heteroatoms. The Morgan fingerprint density at radius 1 is 1.23 bits per heavy atom. The van der Waals surface area contributed by atoms with Crippen LogP contribution in [0.15, 0.2) is 29.3 Å². The van der Waals surface area contributed by atoms with Crippen molar-refractivity contribution in [1.29, 1.82) is 0 Å². The lowest BCUT2D eigenvalue weighted by atomic mass is 10.2. The second kappa shape index (κ2) is 10.5. The van der Waals surface area contributed by atoms with Crippen molar-refractivity contribution < 1.29 is 0 Å². The molecule has 0 saturated heterocycles. The molecule has 0 saturated carbocycles. The number of rotatable bonds is 8. The van der Waals surface area contributed by atoms with Gasteiger partial charge in [-0.2, -0.15) is 0 Å². The lowest BCUT2D eigenvalue weighted by molar-refractivity contribution is 0.268. The lowest BCUT2D eigenvalue weighted by Gasteiger charge is -2.20. The summed E-state index contributed by atoms with van der Waals surface area (Å²) in [5.41, 5.74) is 1.07. The highest BCUT2D eigenvalue weighted by Crippen LogP contribution is 2.14. The molecule has 0 aromatic heterocycles. The highest BCUT2D eigenvalue weighted by atomic mass is 35.5. The topological polar surface area (TPSA) is 39.7 Å². The van der Waals surface area contributed by atoms with Gasteiger partial charge in [0.15, 0.2) is 5.96 Å². The molecule has 124 valence electrons. The van der Waals surface area contributed by atoms with Crippen molar-refractivity contribution in [1.82, 2.24) is 15.5 Å². The third-order valence-electron chi connectivity index (χ3n) is 3.74. The minimum absolute atomic E-state index is 0.609. The van der Waals surface area contributed by atoms with Gasteiger partial charge < -0.3 is 15.5 Å². The molecule has 0 radical (unpaired) electrons. The molecule has 0 aliphatic rings. The van der Waals surface area contributed by atoms with Gasteiger partial charge in [-0.1, -0.05) is 29.8 Å². The standard InChI is InChI=1S/C17H29ClN4/c1-14(2)22(4)12-8-7-11-20-17(19-3)21-13-15-9-5-6-10-16(15)18/h5-6,9-10,14H,7-8,11-13H2,1-4H3,(H2,19,20,21). The average Bonchev–Trinajstić information content (AvgIpc) is 2.51. The zero-order valence-electron chi connectivity index (χ0n) is 14.2. The molecule has 0 spiro atoms. The van der Waals surface area contributed by atoms with Gasteiger partial charge in [0.05, 0.1) is 0 Å². The van der Waals surface area contributed by atoms with Crippen LogP contribution in [-0.4, -0.2) is 44.1 Å². The van der Waals surface area contributed by atoms with Gasteiger partial charge in [0.2, 0.25) is 0 Å². The van der Waals surface area contributed by atoms with Gasteiger partial charge in [-0.3, -0.25) is 4.99 Å². The smallest absolute Gasteiger partial charge is 0.191 e. The van der Waals surface area contributed by atoms with Gasteiger partial charge in [-0.15, -0.1) is 0 Å². The highest BCUT2D eigenvalue weighted by Gasteiger charge is 2.03.